The third kappa shape index (κ3) is 2.53. The van der Waals surface area contributed by atoms with Crippen molar-refractivity contribution in [3.8, 4) is 5.75 Å². The first-order valence-electron chi connectivity index (χ1n) is 5.57. The van der Waals surface area contributed by atoms with Gasteiger partial charge in [0.2, 0.25) is 0 Å². The van der Waals surface area contributed by atoms with Crippen molar-refractivity contribution in [2.75, 3.05) is 0 Å². The molecule has 0 atom stereocenters. The Bertz CT molecular complexity index is 569. The average molecular weight is 246 g/mol. The van der Waals surface area contributed by atoms with Crippen LogP contribution in [-0.4, -0.2) is 11.1 Å². The SMILES string of the molecule is Cc1ccc(OCc2occc2C(=O)O)cc1C. The van der Waals surface area contributed by atoms with Crippen LogP contribution in [0.3, 0.4) is 0 Å². The summed E-state index contributed by atoms with van der Waals surface area (Å²) in [4.78, 5) is 10.9. The normalized spacial score (nSPS) is 10.3. The predicted molar refractivity (Wildman–Crippen MR) is 65.9 cm³/mol. The number of furan rings is 1. The molecule has 4 heteroatoms. The minimum absolute atomic E-state index is 0.108. The Morgan fingerprint density at radius 3 is 2.72 bits per heavy atom. The lowest BCUT2D eigenvalue weighted by Gasteiger charge is -2.07. The maximum Gasteiger partial charge on any atom is 0.339 e. The van der Waals surface area contributed by atoms with Gasteiger partial charge in [0.25, 0.3) is 0 Å². The van der Waals surface area contributed by atoms with E-state index in [1.165, 1.54) is 17.9 Å². The maximum absolute atomic E-state index is 10.9. The van der Waals surface area contributed by atoms with E-state index < -0.39 is 5.97 Å². The lowest BCUT2D eigenvalue weighted by atomic mass is 10.1. The van der Waals surface area contributed by atoms with Gasteiger partial charge in [-0.2, -0.15) is 0 Å². The minimum atomic E-state index is -1.01. The molecule has 0 radical (unpaired) electrons. The summed E-state index contributed by atoms with van der Waals surface area (Å²) in [5, 5.41) is 8.92. The van der Waals surface area contributed by atoms with Gasteiger partial charge in [0.1, 0.15) is 17.9 Å². The number of rotatable bonds is 4. The van der Waals surface area contributed by atoms with E-state index in [2.05, 4.69) is 0 Å². The summed E-state index contributed by atoms with van der Waals surface area (Å²) in [6.45, 7) is 4.13. The molecule has 1 N–H and O–H groups in total. The van der Waals surface area contributed by atoms with Gasteiger partial charge in [-0.3, -0.25) is 0 Å². The molecule has 1 aromatic heterocycles. The second-order valence-corrected chi connectivity index (χ2v) is 4.10. The molecular weight excluding hydrogens is 232 g/mol. The number of benzene rings is 1. The first kappa shape index (κ1) is 12.2. The number of ether oxygens (including phenoxy) is 1. The van der Waals surface area contributed by atoms with Crippen LogP contribution < -0.4 is 4.74 Å². The molecule has 2 rings (SSSR count). The van der Waals surface area contributed by atoms with Crippen LogP contribution in [-0.2, 0) is 6.61 Å². The zero-order chi connectivity index (χ0) is 13.1. The van der Waals surface area contributed by atoms with E-state index >= 15 is 0 Å². The Hall–Kier alpha value is -2.23. The van der Waals surface area contributed by atoms with Crippen LogP contribution in [0, 0.1) is 13.8 Å². The van der Waals surface area contributed by atoms with Crippen molar-refractivity contribution in [1.29, 1.82) is 0 Å². The number of carboxylic acids is 1. The summed E-state index contributed by atoms with van der Waals surface area (Å²) in [6.07, 6.45) is 1.35. The van der Waals surface area contributed by atoms with Gasteiger partial charge in [0, 0.05) is 0 Å². The highest BCUT2D eigenvalue weighted by molar-refractivity contribution is 5.88. The molecule has 0 saturated heterocycles. The number of hydrogen-bond donors (Lipinski definition) is 1. The smallest absolute Gasteiger partial charge is 0.339 e. The predicted octanol–water partition coefficient (Wildman–Crippen LogP) is 3.17. The van der Waals surface area contributed by atoms with Gasteiger partial charge < -0.3 is 14.3 Å². The van der Waals surface area contributed by atoms with E-state index in [-0.39, 0.29) is 12.2 Å². The molecule has 0 bridgehead atoms. The molecule has 1 heterocycles. The van der Waals surface area contributed by atoms with E-state index in [9.17, 15) is 4.79 Å². The van der Waals surface area contributed by atoms with Gasteiger partial charge >= 0.3 is 5.97 Å². The highest BCUT2D eigenvalue weighted by atomic mass is 16.5. The fraction of sp³-hybridized carbons (Fsp3) is 0.214. The lowest BCUT2D eigenvalue weighted by Crippen LogP contribution is -2.02. The second kappa shape index (κ2) is 4.96. The topological polar surface area (TPSA) is 59.7 Å². The van der Waals surface area contributed by atoms with E-state index in [0.717, 1.165) is 5.56 Å². The Balaban J connectivity index is 2.09. The van der Waals surface area contributed by atoms with Gasteiger partial charge in [0.05, 0.1) is 6.26 Å². The zero-order valence-corrected chi connectivity index (χ0v) is 10.3. The summed E-state index contributed by atoms with van der Waals surface area (Å²) >= 11 is 0. The summed E-state index contributed by atoms with van der Waals surface area (Å²) in [7, 11) is 0. The maximum atomic E-state index is 10.9. The number of carbonyl (C=O) groups is 1. The van der Waals surface area contributed by atoms with Crippen LogP contribution >= 0.6 is 0 Å². The van der Waals surface area contributed by atoms with Gasteiger partial charge in [-0.15, -0.1) is 0 Å². The summed E-state index contributed by atoms with van der Waals surface area (Å²) in [6, 6.07) is 7.15. The van der Waals surface area contributed by atoms with Crippen molar-refractivity contribution in [3.63, 3.8) is 0 Å². The third-order valence-electron chi connectivity index (χ3n) is 2.82. The number of carboxylic acid groups (broad SMARTS) is 1. The van der Waals surface area contributed by atoms with Crippen molar-refractivity contribution in [3.05, 3.63) is 53.0 Å². The number of hydrogen-bond acceptors (Lipinski definition) is 3. The molecule has 0 amide bonds. The lowest BCUT2D eigenvalue weighted by molar-refractivity contribution is 0.0692. The standard InChI is InChI=1S/C14H14O4/c1-9-3-4-11(7-10(9)2)18-8-13-12(14(15)16)5-6-17-13/h3-7H,8H2,1-2H3,(H,15,16). The highest BCUT2D eigenvalue weighted by Gasteiger charge is 2.13. The van der Waals surface area contributed by atoms with E-state index in [1.54, 1.807) is 0 Å². The zero-order valence-electron chi connectivity index (χ0n) is 10.3. The molecule has 0 fully saturated rings. The minimum Gasteiger partial charge on any atom is -0.486 e. The molecule has 0 unspecified atom stereocenters. The van der Waals surface area contributed by atoms with Crippen LogP contribution in [0.1, 0.15) is 27.2 Å². The van der Waals surface area contributed by atoms with Crippen LogP contribution in [0.5, 0.6) is 5.75 Å². The molecule has 94 valence electrons. The molecule has 18 heavy (non-hydrogen) atoms. The van der Waals surface area contributed by atoms with Crippen LogP contribution in [0.4, 0.5) is 0 Å². The second-order valence-electron chi connectivity index (χ2n) is 4.10. The Morgan fingerprint density at radius 2 is 2.06 bits per heavy atom. The Labute approximate surface area is 105 Å². The van der Waals surface area contributed by atoms with Gasteiger partial charge in [0.15, 0.2) is 5.76 Å². The summed E-state index contributed by atoms with van der Waals surface area (Å²) < 4.78 is 10.6. The molecule has 0 spiro atoms. The molecule has 1 aromatic carbocycles. The summed E-state index contributed by atoms with van der Waals surface area (Å²) in [5.41, 5.74) is 2.45. The fourth-order valence-corrected chi connectivity index (χ4v) is 1.60. The number of aromatic carboxylic acids is 1. The Kier molecular flexibility index (Phi) is 3.37. The first-order chi connectivity index (χ1) is 8.58. The van der Waals surface area contributed by atoms with Crippen molar-refractivity contribution >= 4 is 5.97 Å². The van der Waals surface area contributed by atoms with Crippen molar-refractivity contribution in [1.82, 2.24) is 0 Å². The van der Waals surface area contributed by atoms with Crippen molar-refractivity contribution in [2.24, 2.45) is 0 Å². The number of aryl methyl sites for hydroxylation is 2. The molecule has 4 nitrogen and oxygen atoms in total. The molecular formula is C14H14O4. The monoisotopic (exact) mass is 246 g/mol. The van der Waals surface area contributed by atoms with Crippen LogP contribution in [0.15, 0.2) is 34.9 Å². The van der Waals surface area contributed by atoms with Gasteiger partial charge in [-0.1, -0.05) is 6.07 Å². The Morgan fingerprint density at radius 1 is 1.28 bits per heavy atom. The summed E-state index contributed by atoms with van der Waals surface area (Å²) in [5.74, 6) is 0.00834. The van der Waals surface area contributed by atoms with E-state index in [0.29, 0.717) is 11.5 Å². The fourth-order valence-electron chi connectivity index (χ4n) is 1.60. The van der Waals surface area contributed by atoms with Crippen LogP contribution in [0.25, 0.3) is 0 Å². The third-order valence-corrected chi connectivity index (χ3v) is 2.82. The largest absolute Gasteiger partial charge is 0.486 e. The molecule has 0 saturated carbocycles. The molecule has 2 aromatic rings. The van der Waals surface area contributed by atoms with Gasteiger partial charge in [-0.05, 0) is 43.2 Å². The van der Waals surface area contributed by atoms with Crippen molar-refractivity contribution < 1.29 is 19.1 Å². The van der Waals surface area contributed by atoms with Gasteiger partial charge in [-0.25, -0.2) is 4.79 Å². The first-order valence-corrected chi connectivity index (χ1v) is 5.57. The molecule has 0 aliphatic heterocycles. The molecule has 0 aliphatic carbocycles. The van der Waals surface area contributed by atoms with Crippen LogP contribution in [0.2, 0.25) is 0 Å². The van der Waals surface area contributed by atoms with E-state index in [4.69, 9.17) is 14.3 Å². The average Bonchev–Trinajstić information content (AvgIpc) is 2.79. The highest BCUT2D eigenvalue weighted by Crippen LogP contribution is 2.19. The quantitative estimate of drug-likeness (QED) is 0.900. The van der Waals surface area contributed by atoms with Crippen molar-refractivity contribution in [2.45, 2.75) is 20.5 Å². The molecule has 0 aliphatic rings. The van der Waals surface area contributed by atoms with E-state index in [1.807, 2.05) is 32.0 Å².